The first-order chi connectivity index (χ1) is 18.2. The van der Waals surface area contributed by atoms with Gasteiger partial charge in [-0.3, -0.25) is 9.55 Å². The van der Waals surface area contributed by atoms with E-state index in [1.54, 1.807) is 0 Å². The van der Waals surface area contributed by atoms with Crippen molar-refractivity contribution in [3.8, 4) is 17.1 Å². The molecule has 208 valence electrons. The first kappa shape index (κ1) is 28.2. The van der Waals surface area contributed by atoms with Gasteiger partial charge in [0.2, 0.25) is 0 Å². The maximum Gasteiger partial charge on any atom is 0.418 e. The van der Waals surface area contributed by atoms with Crippen LogP contribution in [0.15, 0.2) is 47.5 Å². The van der Waals surface area contributed by atoms with Gasteiger partial charge in [0.1, 0.15) is 6.54 Å². The molecule has 3 heterocycles. The Hall–Kier alpha value is -3.79. The van der Waals surface area contributed by atoms with Crippen LogP contribution in [0.4, 0.5) is 30.7 Å². The topological polar surface area (TPSA) is 104 Å². The molecule has 3 aromatic heterocycles. The first-order valence-corrected chi connectivity index (χ1v) is 11.3. The first-order valence-electron chi connectivity index (χ1n) is 11.0. The highest BCUT2D eigenvalue weighted by Crippen LogP contribution is 2.34. The van der Waals surface area contributed by atoms with Crippen molar-refractivity contribution in [2.75, 3.05) is 0 Å². The molecule has 0 aliphatic rings. The van der Waals surface area contributed by atoms with Crippen LogP contribution in [0.5, 0.6) is 0 Å². The van der Waals surface area contributed by atoms with Crippen molar-refractivity contribution in [3.63, 3.8) is 0 Å². The quantitative estimate of drug-likeness (QED) is 0.326. The van der Waals surface area contributed by atoms with Crippen LogP contribution in [0.2, 0.25) is 5.02 Å². The van der Waals surface area contributed by atoms with E-state index in [1.807, 2.05) is 0 Å². The van der Waals surface area contributed by atoms with Crippen molar-refractivity contribution in [2.45, 2.75) is 44.6 Å². The van der Waals surface area contributed by atoms with Crippen LogP contribution < -0.4 is 5.69 Å². The summed E-state index contributed by atoms with van der Waals surface area (Å²) in [5, 5.41) is 17.8. The zero-order chi connectivity index (χ0) is 28.7. The third-order valence-electron chi connectivity index (χ3n) is 5.42. The average molecular weight is 580 g/mol. The average Bonchev–Trinajstić information content (AvgIpc) is 3.41. The Morgan fingerprint density at radius 3 is 2.31 bits per heavy atom. The second-order valence-electron chi connectivity index (χ2n) is 8.24. The fraction of sp³-hybridized carbons (Fsp3) is 0.318. The fourth-order valence-electron chi connectivity index (χ4n) is 3.60. The van der Waals surface area contributed by atoms with Gasteiger partial charge in [-0.25, -0.2) is 23.5 Å². The second kappa shape index (κ2) is 10.4. The molecule has 0 fully saturated rings. The molecule has 0 aliphatic carbocycles. The molecular formula is C22H17ClF7N7O2. The highest BCUT2D eigenvalue weighted by molar-refractivity contribution is 6.30. The largest absolute Gasteiger partial charge is 0.418 e. The van der Waals surface area contributed by atoms with Gasteiger partial charge in [-0.15, -0.1) is 10.2 Å². The number of pyridine rings is 1. The van der Waals surface area contributed by atoms with E-state index >= 15 is 0 Å². The van der Waals surface area contributed by atoms with E-state index in [-0.39, 0.29) is 17.2 Å². The molecule has 0 bridgehead atoms. The summed E-state index contributed by atoms with van der Waals surface area (Å²) in [6, 6.07) is 6.22. The summed E-state index contributed by atoms with van der Waals surface area (Å²) in [5.74, 6) is -1.18. The molecule has 1 N–H and O–H groups in total. The van der Waals surface area contributed by atoms with Crippen LogP contribution in [-0.4, -0.2) is 51.5 Å². The van der Waals surface area contributed by atoms with Gasteiger partial charge in [-0.05, 0) is 37.3 Å². The van der Waals surface area contributed by atoms with Crippen molar-refractivity contribution in [3.05, 3.63) is 75.4 Å². The lowest BCUT2D eigenvalue weighted by atomic mass is 10.2. The summed E-state index contributed by atoms with van der Waals surface area (Å²) in [6.45, 7) is -0.853. The van der Waals surface area contributed by atoms with Crippen LogP contribution in [0.25, 0.3) is 17.1 Å². The van der Waals surface area contributed by atoms with Gasteiger partial charge in [0.25, 0.3) is 0 Å². The summed E-state index contributed by atoms with van der Waals surface area (Å²) in [7, 11) is 0. The fourth-order valence-corrected chi connectivity index (χ4v) is 3.72. The number of hydrogen-bond acceptors (Lipinski definition) is 6. The van der Waals surface area contributed by atoms with E-state index in [0.29, 0.717) is 25.0 Å². The number of aliphatic hydroxyl groups excluding tert-OH is 1. The van der Waals surface area contributed by atoms with Gasteiger partial charge in [0.15, 0.2) is 29.7 Å². The van der Waals surface area contributed by atoms with Gasteiger partial charge in [-0.1, -0.05) is 11.6 Å². The molecule has 4 aromatic rings. The molecule has 4 rings (SSSR count). The lowest BCUT2D eigenvalue weighted by Crippen LogP contribution is -2.37. The van der Waals surface area contributed by atoms with E-state index < -0.39 is 60.5 Å². The maximum absolute atomic E-state index is 14.4. The van der Waals surface area contributed by atoms with E-state index in [4.69, 9.17) is 11.6 Å². The highest BCUT2D eigenvalue weighted by Gasteiger charge is 2.39. The monoisotopic (exact) mass is 579 g/mol. The molecule has 17 heteroatoms. The van der Waals surface area contributed by atoms with E-state index in [1.165, 1.54) is 24.3 Å². The highest BCUT2D eigenvalue weighted by atomic mass is 35.5. The molecule has 1 aromatic carbocycles. The number of alkyl halides is 7. The molecule has 2 atom stereocenters. The van der Waals surface area contributed by atoms with Crippen LogP contribution in [0.3, 0.4) is 0 Å². The maximum atomic E-state index is 14.4. The van der Waals surface area contributed by atoms with Crippen LogP contribution >= 0.6 is 11.6 Å². The smallest absolute Gasteiger partial charge is 0.382 e. The molecule has 2 unspecified atom stereocenters. The molecule has 0 saturated carbocycles. The lowest BCUT2D eigenvalue weighted by molar-refractivity contribution is -0.207. The van der Waals surface area contributed by atoms with Crippen molar-refractivity contribution >= 4 is 11.6 Å². The Bertz CT molecular complexity index is 1530. The molecule has 39 heavy (non-hydrogen) atoms. The molecule has 0 saturated heterocycles. The van der Waals surface area contributed by atoms with Crippen molar-refractivity contribution < 1.29 is 35.8 Å². The predicted molar refractivity (Wildman–Crippen MR) is 122 cm³/mol. The third kappa shape index (κ3) is 5.95. The Labute approximate surface area is 219 Å². The Balaban J connectivity index is 1.80. The zero-order valence-electron chi connectivity index (χ0n) is 19.6. The summed E-state index contributed by atoms with van der Waals surface area (Å²) < 4.78 is 96.0. The number of aliphatic hydroxyl groups is 1. The summed E-state index contributed by atoms with van der Waals surface area (Å²) in [5.41, 5.74) is -2.75. The molecule has 9 nitrogen and oxygen atoms in total. The number of halogens is 8. The minimum Gasteiger partial charge on any atom is -0.382 e. The summed E-state index contributed by atoms with van der Waals surface area (Å²) >= 11 is 5.85. The minimum absolute atomic E-state index is 0.173. The van der Waals surface area contributed by atoms with E-state index in [9.17, 15) is 40.6 Å². The SMILES string of the molecule is CC(F)c1nc(Cn2nc(-c3ccc(Cl)cc3)n(CC(O)C(F)(F)F)c2=O)nn1-c1cnccc1C(F)(F)F. The van der Waals surface area contributed by atoms with Gasteiger partial charge in [0, 0.05) is 16.8 Å². The van der Waals surface area contributed by atoms with Gasteiger partial charge < -0.3 is 5.11 Å². The molecule has 0 radical (unpaired) electrons. The molecular weight excluding hydrogens is 563 g/mol. The zero-order valence-corrected chi connectivity index (χ0v) is 20.4. The van der Waals surface area contributed by atoms with Crippen LogP contribution in [0.1, 0.15) is 30.3 Å². The third-order valence-corrected chi connectivity index (χ3v) is 5.67. The van der Waals surface area contributed by atoms with Gasteiger partial charge >= 0.3 is 18.0 Å². The Kier molecular flexibility index (Phi) is 7.53. The summed E-state index contributed by atoms with van der Waals surface area (Å²) in [6.07, 6.45) is -13.0. The van der Waals surface area contributed by atoms with Crippen LogP contribution in [0, 0.1) is 0 Å². The predicted octanol–water partition coefficient (Wildman–Crippen LogP) is 4.36. The minimum atomic E-state index is -5.05. The standard InChI is InChI=1S/C22H17ClF7N7O2/c1-11(24)18-32-17(33-37(18)15-8-31-7-6-14(15)21(25,26)27)10-36-20(39)35(9-16(38)22(28,29)30)19(34-36)12-2-4-13(23)5-3-12/h2-8,11,16,38H,9-10H2,1H3. The van der Waals surface area contributed by atoms with Crippen LogP contribution in [-0.2, 0) is 19.3 Å². The number of rotatable bonds is 7. The second-order valence-corrected chi connectivity index (χ2v) is 8.68. The number of hydrogen-bond donors (Lipinski definition) is 1. The number of benzene rings is 1. The lowest BCUT2D eigenvalue weighted by Gasteiger charge is -2.15. The number of aromatic nitrogens is 7. The molecule has 0 amide bonds. The van der Waals surface area contributed by atoms with E-state index in [0.717, 1.165) is 19.3 Å². The Morgan fingerprint density at radius 1 is 1.05 bits per heavy atom. The van der Waals surface area contributed by atoms with E-state index in [2.05, 4.69) is 20.2 Å². The van der Waals surface area contributed by atoms with Crippen molar-refractivity contribution in [1.29, 1.82) is 0 Å². The van der Waals surface area contributed by atoms with Gasteiger partial charge in [-0.2, -0.15) is 26.3 Å². The number of nitrogens with zero attached hydrogens (tertiary/aromatic N) is 7. The Morgan fingerprint density at radius 2 is 1.72 bits per heavy atom. The molecule has 0 spiro atoms. The van der Waals surface area contributed by atoms with Gasteiger partial charge in [0.05, 0.1) is 24.0 Å². The normalized spacial score (nSPS) is 14.0. The van der Waals surface area contributed by atoms with Crippen molar-refractivity contribution in [1.82, 2.24) is 34.1 Å². The van der Waals surface area contributed by atoms with Crippen molar-refractivity contribution in [2.24, 2.45) is 0 Å². The summed E-state index contributed by atoms with van der Waals surface area (Å²) in [4.78, 5) is 20.6. The molecule has 0 aliphatic heterocycles.